The molecule has 3 rings (SSSR count). The summed E-state index contributed by atoms with van der Waals surface area (Å²) in [5.74, 6) is 0.558. The Hall–Kier alpha value is -2.43. The van der Waals surface area contributed by atoms with Crippen molar-refractivity contribution in [2.45, 2.75) is 6.92 Å². The van der Waals surface area contributed by atoms with Crippen molar-refractivity contribution in [2.75, 3.05) is 5.73 Å². The van der Waals surface area contributed by atoms with Gasteiger partial charge in [0.1, 0.15) is 0 Å². The molecule has 0 aliphatic carbocycles. The fourth-order valence-electron chi connectivity index (χ4n) is 1.83. The minimum absolute atomic E-state index is 0.138. The van der Waals surface area contributed by atoms with Crippen LogP contribution < -0.4 is 5.73 Å². The SMILES string of the molecule is Cc1cc(-c2nc(N)no2)c2ccccc2n1. The Bertz CT molecular complexity index is 690. The highest BCUT2D eigenvalue weighted by molar-refractivity contribution is 5.92. The summed E-state index contributed by atoms with van der Waals surface area (Å²) in [6.45, 7) is 1.93. The molecule has 17 heavy (non-hydrogen) atoms. The van der Waals surface area contributed by atoms with E-state index < -0.39 is 0 Å². The Morgan fingerprint density at radius 3 is 2.76 bits per heavy atom. The van der Waals surface area contributed by atoms with Crippen LogP contribution in [0.1, 0.15) is 5.69 Å². The molecule has 0 aliphatic heterocycles. The number of nitrogens with zero attached hydrogens (tertiary/aromatic N) is 3. The topological polar surface area (TPSA) is 77.8 Å². The van der Waals surface area contributed by atoms with E-state index in [0.29, 0.717) is 5.89 Å². The first-order valence-electron chi connectivity index (χ1n) is 5.20. The maximum absolute atomic E-state index is 5.47. The van der Waals surface area contributed by atoms with Gasteiger partial charge in [-0.2, -0.15) is 4.98 Å². The highest BCUT2D eigenvalue weighted by Crippen LogP contribution is 2.27. The van der Waals surface area contributed by atoms with Crippen molar-refractivity contribution >= 4 is 16.9 Å². The minimum atomic E-state index is 0.138. The van der Waals surface area contributed by atoms with Crippen molar-refractivity contribution in [3.63, 3.8) is 0 Å². The summed E-state index contributed by atoms with van der Waals surface area (Å²) in [5, 5.41) is 4.57. The van der Waals surface area contributed by atoms with Gasteiger partial charge in [-0.3, -0.25) is 4.98 Å². The molecule has 0 amide bonds. The molecule has 5 heteroatoms. The average molecular weight is 226 g/mol. The lowest BCUT2D eigenvalue weighted by Crippen LogP contribution is -1.89. The monoisotopic (exact) mass is 226 g/mol. The van der Waals surface area contributed by atoms with E-state index >= 15 is 0 Å². The number of aryl methyl sites for hydroxylation is 1. The summed E-state index contributed by atoms with van der Waals surface area (Å²) in [4.78, 5) is 8.49. The summed E-state index contributed by atoms with van der Waals surface area (Å²) in [6, 6.07) is 9.72. The van der Waals surface area contributed by atoms with Crippen molar-refractivity contribution in [1.29, 1.82) is 0 Å². The number of pyridine rings is 1. The maximum Gasteiger partial charge on any atom is 0.261 e. The number of aromatic nitrogens is 3. The molecule has 84 valence electrons. The summed E-state index contributed by atoms with van der Waals surface area (Å²) < 4.78 is 5.10. The third-order valence-electron chi connectivity index (χ3n) is 2.52. The van der Waals surface area contributed by atoms with Crippen LogP contribution in [0.25, 0.3) is 22.4 Å². The van der Waals surface area contributed by atoms with Gasteiger partial charge in [0.05, 0.1) is 11.1 Å². The highest BCUT2D eigenvalue weighted by atomic mass is 16.5. The van der Waals surface area contributed by atoms with Gasteiger partial charge in [-0.25, -0.2) is 0 Å². The maximum atomic E-state index is 5.47. The molecule has 0 radical (unpaired) electrons. The van der Waals surface area contributed by atoms with Crippen LogP contribution in [0, 0.1) is 6.92 Å². The second kappa shape index (κ2) is 3.55. The van der Waals surface area contributed by atoms with E-state index in [1.54, 1.807) is 0 Å². The molecule has 2 aromatic heterocycles. The quantitative estimate of drug-likeness (QED) is 0.688. The molecule has 0 spiro atoms. The first-order valence-corrected chi connectivity index (χ1v) is 5.20. The molecule has 5 nitrogen and oxygen atoms in total. The first kappa shape index (κ1) is 9.77. The van der Waals surface area contributed by atoms with Crippen LogP contribution in [0.3, 0.4) is 0 Å². The van der Waals surface area contributed by atoms with Gasteiger partial charge in [-0.05, 0) is 24.2 Å². The van der Waals surface area contributed by atoms with E-state index in [4.69, 9.17) is 10.3 Å². The average Bonchev–Trinajstić information content (AvgIpc) is 2.74. The number of nitrogens with two attached hydrogens (primary N) is 1. The third kappa shape index (κ3) is 1.61. The van der Waals surface area contributed by atoms with Gasteiger partial charge in [-0.1, -0.05) is 18.2 Å². The van der Waals surface area contributed by atoms with Gasteiger partial charge < -0.3 is 10.3 Å². The molecule has 0 saturated heterocycles. The molecule has 0 unspecified atom stereocenters. The Morgan fingerprint density at radius 2 is 2.00 bits per heavy atom. The van der Waals surface area contributed by atoms with Crippen molar-refractivity contribution in [3.05, 3.63) is 36.0 Å². The van der Waals surface area contributed by atoms with Crippen LogP contribution >= 0.6 is 0 Å². The molecular formula is C12H10N4O. The first-order chi connectivity index (χ1) is 8.24. The standard InChI is InChI=1S/C12H10N4O/c1-7-6-9(11-15-12(13)16-17-11)8-4-2-3-5-10(8)14-7/h2-6H,1H3,(H2,13,16). The molecule has 2 N–H and O–H groups in total. The second-order valence-electron chi connectivity index (χ2n) is 3.79. The molecular weight excluding hydrogens is 216 g/mol. The van der Waals surface area contributed by atoms with E-state index in [9.17, 15) is 0 Å². The van der Waals surface area contributed by atoms with Crippen molar-refractivity contribution in [3.8, 4) is 11.5 Å². The van der Waals surface area contributed by atoms with E-state index in [1.807, 2.05) is 37.3 Å². The van der Waals surface area contributed by atoms with E-state index in [0.717, 1.165) is 22.2 Å². The van der Waals surface area contributed by atoms with Crippen molar-refractivity contribution in [1.82, 2.24) is 15.1 Å². The zero-order valence-corrected chi connectivity index (χ0v) is 9.21. The molecule has 0 saturated carbocycles. The summed E-state index contributed by atoms with van der Waals surface area (Å²) in [6.07, 6.45) is 0. The molecule has 2 heterocycles. The molecule has 0 bridgehead atoms. The number of fused-ring (bicyclic) bond motifs is 1. The predicted molar refractivity (Wildman–Crippen MR) is 64.2 cm³/mol. The van der Waals surface area contributed by atoms with Gasteiger partial charge in [-0.15, -0.1) is 0 Å². The van der Waals surface area contributed by atoms with Gasteiger partial charge in [0.25, 0.3) is 11.8 Å². The summed E-state index contributed by atoms with van der Waals surface area (Å²) in [5.41, 5.74) is 8.13. The van der Waals surface area contributed by atoms with Crippen LogP contribution in [-0.2, 0) is 0 Å². The zero-order valence-electron chi connectivity index (χ0n) is 9.21. The predicted octanol–water partition coefficient (Wildman–Crippen LogP) is 2.18. The Balaban J connectivity index is 2.35. The number of anilines is 1. The van der Waals surface area contributed by atoms with E-state index in [-0.39, 0.29) is 5.95 Å². The number of hydrogen-bond acceptors (Lipinski definition) is 5. The Morgan fingerprint density at radius 1 is 1.18 bits per heavy atom. The van der Waals surface area contributed by atoms with Crippen LogP contribution in [0.4, 0.5) is 5.95 Å². The van der Waals surface area contributed by atoms with Crippen LogP contribution in [0.2, 0.25) is 0 Å². The number of para-hydroxylation sites is 1. The zero-order chi connectivity index (χ0) is 11.8. The van der Waals surface area contributed by atoms with Crippen LogP contribution in [0.5, 0.6) is 0 Å². The van der Waals surface area contributed by atoms with Crippen LogP contribution in [-0.4, -0.2) is 15.1 Å². The lowest BCUT2D eigenvalue weighted by molar-refractivity contribution is 0.433. The summed E-state index contributed by atoms with van der Waals surface area (Å²) in [7, 11) is 0. The van der Waals surface area contributed by atoms with E-state index in [2.05, 4.69) is 15.1 Å². The second-order valence-corrected chi connectivity index (χ2v) is 3.79. The largest absolute Gasteiger partial charge is 0.365 e. The highest BCUT2D eigenvalue weighted by Gasteiger charge is 2.11. The van der Waals surface area contributed by atoms with Gasteiger partial charge >= 0.3 is 0 Å². The van der Waals surface area contributed by atoms with Gasteiger partial charge in [0, 0.05) is 11.1 Å². The molecule has 3 aromatic rings. The molecule has 0 fully saturated rings. The number of benzene rings is 1. The smallest absolute Gasteiger partial charge is 0.261 e. The Kier molecular flexibility index (Phi) is 2.04. The number of rotatable bonds is 1. The van der Waals surface area contributed by atoms with Gasteiger partial charge in [0.15, 0.2) is 0 Å². The normalized spacial score (nSPS) is 10.9. The lowest BCUT2D eigenvalue weighted by atomic mass is 10.1. The van der Waals surface area contributed by atoms with E-state index in [1.165, 1.54) is 0 Å². The molecule has 0 atom stereocenters. The fourth-order valence-corrected chi connectivity index (χ4v) is 1.83. The molecule has 0 aliphatic rings. The fraction of sp³-hybridized carbons (Fsp3) is 0.0833. The molecule has 1 aromatic carbocycles. The Labute approximate surface area is 97.3 Å². The van der Waals surface area contributed by atoms with Crippen LogP contribution in [0.15, 0.2) is 34.9 Å². The summed E-state index contributed by atoms with van der Waals surface area (Å²) >= 11 is 0. The third-order valence-corrected chi connectivity index (χ3v) is 2.52. The lowest BCUT2D eigenvalue weighted by Gasteiger charge is -2.03. The van der Waals surface area contributed by atoms with Gasteiger partial charge in [0.2, 0.25) is 0 Å². The number of nitrogen functional groups attached to an aromatic ring is 1. The van der Waals surface area contributed by atoms with Crippen molar-refractivity contribution < 1.29 is 4.52 Å². The minimum Gasteiger partial charge on any atom is -0.365 e. The van der Waals surface area contributed by atoms with Crippen molar-refractivity contribution in [2.24, 2.45) is 0 Å². The number of hydrogen-bond donors (Lipinski definition) is 1.